The number of halogens is 2. The monoisotopic (exact) mass is 324 g/mol. The fourth-order valence-electron chi connectivity index (χ4n) is 3.65. The van der Waals surface area contributed by atoms with E-state index < -0.39 is 17.9 Å². The van der Waals surface area contributed by atoms with Gasteiger partial charge in [0.25, 0.3) is 0 Å². The zero-order valence-corrected chi connectivity index (χ0v) is 13.8. The molecule has 0 unspecified atom stereocenters. The van der Waals surface area contributed by atoms with Crippen molar-refractivity contribution in [3.63, 3.8) is 0 Å². The third kappa shape index (κ3) is 4.51. The molecule has 4 heteroatoms. The first-order chi connectivity index (χ1) is 11.1. The van der Waals surface area contributed by atoms with E-state index in [9.17, 15) is 8.78 Å². The van der Waals surface area contributed by atoms with Crippen molar-refractivity contribution in [3.8, 4) is 0 Å². The van der Waals surface area contributed by atoms with E-state index in [1.54, 1.807) is 0 Å². The first-order valence-corrected chi connectivity index (χ1v) is 8.80. The predicted octanol–water partition coefficient (Wildman–Crippen LogP) is 5.23. The SMILES string of the molecule is C[C@H]1CC[C@H](CC[C@H]2CO[C@H](c3ccc(F)c(F)c3)OC2)CC1. The van der Waals surface area contributed by atoms with Crippen LogP contribution in [0.1, 0.15) is 57.3 Å². The zero-order valence-electron chi connectivity index (χ0n) is 13.8. The minimum absolute atomic E-state index is 0.413. The van der Waals surface area contributed by atoms with Gasteiger partial charge in [0.2, 0.25) is 0 Å². The van der Waals surface area contributed by atoms with Crippen LogP contribution in [0, 0.1) is 29.4 Å². The fourth-order valence-corrected chi connectivity index (χ4v) is 3.65. The summed E-state index contributed by atoms with van der Waals surface area (Å²) in [4.78, 5) is 0. The second-order valence-corrected chi connectivity index (χ2v) is 7.24. The Hall–Kier alpha value is -1.00. The van der Waals surface area contributed by atoms with Crippen molar-refractivity contribution in [3.05, 3.63) is 35.4 Å². The van der Waals surface area contributed by atoms with Crippen LogP contribution >= 0.6 is 0 Å². The molecule has 2 nitrogen and oxygen atoms in total. The molecule has 1 aromatic rings. The lowest BCUT2D eigenvalue weighted by molar-refractivity contribution is -0.206. The lowest BCUT2D eigenvalue weighted by atomic mass is 9.80. The van der Waals surface area contributed by atoms with Crippen LogP contribution in [0.4, 0.5) is 8.78 Å². The molecule has 2 aliphatic rings. The molecule has 0 amide bonds. The lowest BCUT2D eigenvalue weighted by Gasteiger charge is -2.31. The van der Waals surface area contributed by atoms with Gasteiger partial charge in [-0.1, -0.05) is 45.1 Å². The molecule has 23 heavy (non-hydrogen) atoms. The standard InChI is InChI=1S/C19H26F2O2/c1-13-2-4-14(5-3-13)6-7-15-11-22-19(23-12-15)16-8-9-17(20)18(21)10-16/h8-10,13-15,19H,2-7,11-12H2,1H3/t13-,14-,15-,19-. The van der Waals surface area contributed by atoms with Gasteiger partial charge in [-0.25, -0.2) is 8.78 Å². The van der Waals surface area contributed by atoms with Crippen molar-refractivity contribution in [2.24, 2.45) is 17.8 Å². The summed E-state index contributed by atoms with van der Waals surface area (Å²) in [5.74, 6) is 0.461. The van der Waals surface area contributed by atoms with Gasteiger partial charge in [0.15, 0.2) is 17.9 Å². The highest BCUT2D eigenvalue weighted by atomic mass is 19.2. The number of hydrogen-bond donors (Lipinski definition) is 0. The minimum Gasteiger partial charge on any atom is -0.348 e. The van der Waals surface area contributed by atoms with Crippen LogP contribution in [-0.4, -0.2) is 13.2 Å². The Bertz CT molecular complexity index is 504. The van der Waals surface area contributed by atoms with Crippen molar-refractivity contribution >= 4 is 0 Å². The van der Waals surface area contributed by atoms with Gasteiger partial charge in [0, 0.05) is 11.5 Å². The number of hydrogen-bond acceptors (Lipinski definition) is 2. The van der Waals surface area contributed by atoms with Crippen molar-refractivity contribution in [1.82, 2.24) is 0 Å². The van der Waals surface area contributed by atoms with E-state index in [1.165, 1.54) is 38.2 Å². The molecule has 0 radical (unpaired) electrons. The van der Waals surface area contributed by atoms with Crippen LogP contribution in [-0.2, 0) is 9.47 Å². The van der Waals surface area contributed by atoms with Gasteiger partial charge < -0.3 is 9.47 Å². The highest BCUT2D eigenvalue weighted by Crippen LogP contribution is 2.33. The van der Waals surface area contributed by atoms with Crippen LogP contribution in [0.3, 0.4) is 0 Å². The van der Waals surface area contributed by atoms with Crippen LogP contribution in [0.5, 0.6) is 0 Å². The van der Waals surface area contributed by atoms with Gasteiger partial charge in [-0.05, 0) is 30.4 Å². The van der Waals surface area contributed by atoms with E-state index in [-0.39, 0.29) is 0 Å². The zero-order chi connectivity index (χ0) is 16.2. The summed E-state index contributed by atoms with van der Waals surface area (Å²) in [5.41, 5.74) is 0.545. The van der Waals surface area contributed by atoms with Crippen molar-refractivity contribution in [2.45, 2.75) is 51.7 Å². The van der Waals surface area contributed by atoms with Crippen LogP contribution in [0.25, 0.3) is 0 Å². The van der Waals surface area contributed by atoms with E-state index in [2.05, 4.69) is 6.92 Å². The summed E-state index contributed by atoms with van der Waals surface area (Å²) in [5, 5.41) is 0. The number of ether oxygens (including phenoxy) is 2. The number of rotatable bonds is 4. The first-order valence-electron chi connectivity index (χ1n) is 8.80. The normalized spacial score (nSPS) is 32.0. The third-order valence-corrected chi connectivity index (χ3v) is 5.30. The maximum atomic E-state index is 13.3. The molecular weight excluding hydrogens is 298 g/mol. The summed E-state index contributed by atoms with van der Waals surface area (Å²) in [7, 11) is 0. The Kier molecular flexibility index (Phi) is 5.65. The van der Waals surface area contributed by atoms with Gasteiger partial charge in [-0.2, -0.15) is 0 Å². The molecule has 1 saturated carbocycles. The molecule has 1 aliphatic carbocycles. The van der Waals surface area contributed by atoms with Crippen LogP contribution < -0.4 is 0 Å². The van der Waals surface area contributed by atoms with Crippen molar-refractivity contribution < 1.29 is 18.3 Å². The molecule has 1 saturated heterocycles. The van der Waals surface area contributed by atoms with E-state index in [4.69, 9.17) is 9.47 Å². The molecule has 0 bridgehead atoms. The van der Waals surface area contributed by atoms with Crippen molar-refractivity contribution in [2.75, 3.05) is 13.2 Å². The Labute approximate surface area is 137 Å². The molecule has 3 rings (SSSR count). The molecule has 0 N–H and O–H groups in total. The smallest absolute Gasteiger partial charge is 0.183 e. The molecule has 1 aromatic carbocycles. The highest BCUT2D eigenvalue weighted by Gasteiger charge is 2.26. The van der Waals surface area contributed by atoms with Gasteiger partial charge in [0.1, 0.15) is 0 Å². The Morgan fingerprint density at radius 1 is 0.913 bits per heavy atom. The summed E-state index contributed by atoms with van der Waals surface area (Å²) in [6, 6.07) is 3.80. The summed E-state index contributed by atoms with van der Waals surface area (Å²) in [6.07, 6.45) is 7.24. The second-order valence-electron chi connectivity index (χ2n) is 7.24. The summed E-state index contributed by atoms with van der Waals surface area (Å²) < 4.78 is 37.7. The third-order valence-electron chi connectivity index (χ3n) is 5.30. The Morgan fingerprint density at radius 2 is 1.57 bits per heavy atom. The fraction of sp³-hybridized carbons (Fsp3) is 0.684. The van der Waals surface area contributed by atoms with Gasteiger partial charge in [0.05, 0.1) is 13.2 Å². The molecule has 0 aromatic heterocycles. The average Bonchev–Trinajstić information content (AvgIpc) is 2.57. The first kappa shape index (κ1) is 16.8. The molecule has 0 spiro atoms. The molecule has 0 atom stereocenters. The topological polar surface area (TPSA) is 18.5 Å². The van der Waals surface area contributed by atoms with E-state index in [0.717, 1.165) is 30.4 Å². The Balaban J connectivity index is 1.42. The average molecular weight is 324 g/mol. The largest absolute Gasteiger partial charge is 0.348 e. The maximum absolute atomic E-state index is 13.3. The minimum atomic E-state index is -0.858. The number of benzene rings is 1. The van der Waals surface area contributed by atoms with Crippen molar-refractivity contribution in [1.29, 1.82) is 0 Å². The van der Waals surface area contributed by atoms with Gasteiger partial charge in [-0.15, -0.1) is 0 Å². The quantitative estimate of drug-likeness (QED) is 0.755. The molecule has 1 aliphatic heterocycles. The summed E-state index contributed by atoms with van der Waals surface area (Å²) >= 11 is 0. The Morgan fingerprint density at radius 3 is 2.22 bits per heavy atom. The van der Waals surface area contributed by atoms with E-state index in [1.807, 2.05) is 0 Å². The highest BCUT2D eigenvalue weighted by molar-refractivity contribution is 5.19. The van der Waals surface area contributed by atoms with E-state index in [0.29, 0.717) is 24.7 Å². The summed E-state index contributed by atoms with van der Waals surface area (Å²) in [6.45, 7) is 3.61. The van der Waals surface area contributed by atoms with Crippen LogP contribution in [0.15, 0.2) is 18.2 Å². The predicted molar refractivity (Wildman–Crippen MR) is 84.8 cm³/mol. The molecule has 128 valence electrons. The maximum Gasteiger partial charge on any atom is 0.183 e. The molecule has 1 heterocycles. The van der Waals surface area contributed by atoms with Crippen LogP contribution in [0.2, 0.25) is 0 Å². The van der Waals surface area contributed by atoms with E-state index >= 15 is 0 Å². The lowest BCUT2D eigenvalue weighted by Crippen LogP contribution is -2.28. The van der Waals surface area contributed by atoms with Gasteiger partial charge >= 0.3 is 0 Å². The molecule has 2 fully saturated rings. The molecular formula is C19H26F2O2. The van der Waals surface area contributed by atoms with Gasteiger partial charge in [-0.3, -0.25) is 0 Å². The second kappa shape index (κ2) is 7.71.